The third-order valence-electron chi connectivity index (χ3n) is 2.56. The molecule has 1 atom stereocenters. The Hall–Kier alpha value is -1.52. The Morgan fingerprint density at radius 2 is 1.83 bits per heavy atom. The Kier molecular flexibility index (Phi) is 3.89. The zero-order valence-corrected chi connectivity index (χ0v) is 10.9. The van der Waals surface area contributed by atoms with Gasteiger partial charge in [0.1, 0.15) is 11.9 Å². The quantitative estimate of drug-likeness (QED) is 0.881. The lowest BCUT2D eigenvalue weighted by atomic mass is 10.00. The number of benzene rings is 2. The van der Waals surface area contributed by atoms with E-state index in [0.29, 0.717) is 10.0 Å². The molecule has 18 heavy (non-hydrogen) atoms. The summed E-state index contributed by atoms with van der Waals surface area (Å²) in [5.74, 6) is -1.05. The smallest absolute Gasteiger partial charge is 0.197 e. The molecule has 0 radical (unpaired) electrons. The van der Waals surface area contributed by atoms with Gasteiger partial charge in [-0.25, -0.2) is 4.39 Å². The topological polar surface area (TPSA) is 37.3 Å². The summed E-state index contributed by atoms with van der Waals surface area (Å²) in [5, 5.41) is 9.96. The van der Waals surface area contributed by atoms with Crippen LogP contribution in [0.3, 0.4) is 0 Å². The van der Waals surface area contributed by atoms with Gasteiger partial charge in [-0.05, 0) is 23.8 Å². The molecule has 92 valence electrons. The number of hydrogen-bond acceptors (Lipinski definition) is 2. The summed E-state index contributed by atoms with van der Waals surface area (Å²) in [6, 6.07) is 12.3. The van der Waals surface area contributed by atoms with E-state index in [9.17, 15) is 14.3 Å². The highest BCUT2D eigenvalue weighted by Crippen LogP contribution is 2.24. The van der Waals surface area contributed by atoms with Crippen molar-refractivity contribution >= 4 is 21.7 Å². The Morgan fingerprint density at radius 1 is 1.17 bits per heavy atom. The van der Waals surface area contributed by atoms with E-state index in [-0.39, 0.29) is 5.56 Å². The van der Waals surface area contributed by atoms with Gasteiger partial charge in [-0.15, -0.1) is 0 Å². The highest BCUT2D eigenvalue weighted by atomic mass is 79.9. The van der Waals surface area contributed by atoms with Crippen molar-refractivity contribution in [1.82, 2.24) is 0 Å². The molecule has 1 N–H and O–H groups in total. The van der Waals surface area contributed by atoms with Crippen LogP contribution in [-0.4, -0.2) is 10.9 Å². The van der Waals surface area contributed by atoms with Gasteiger partial charge in [0.05, 0.1) is 0 Å². The van der Waals surface area contributed by atoms with Gasteiger partial charge in [0.15, 0.2) is 5.78 Å². The van der Waals surface area contributed by atoms with Gasteiger partial charge in [0.2, 0.25) is 0 Å². The fraction of sp³-hybridized carbons (Fsp3) is 0.0714. The number of Topliss-reactive ketones (excluding diaryl/α,β-unsaturated/α-hetero) is 1. The molecule has 0 spiro atoms. The Labute approximate surface area is 112 Å². The molecule has 2 rings (SSSR count). The van der Waals surface area contributed by atoms with Gasteiger partial charge < -0.3 is 5.11 Å². The average Bonchev–Trinajstić information content (AvgIpc) is 2.41. The van der Waals surface area contributed by atoms with Crippen molar-refractivity contribution in [2.24, 2.45) is 0 Å². The molecule has 0 aliphatic heterocycles. The standard InChI is InChI=1S/C14H10BrFO2/c15-12-7-6-10(16)8-11(12)14(18)13(17)9-4-2-1-3-5-9/h1-8,13,17H. The monoisotopic (exact) mass is 308 g/mol. The third kappa shape index (κ3) is 2.66. The van der Waals surface area contributed by atoms with Crippen LogP contribution in [0, 0.1) is 5.82 Å². The molecule has 1 unspecified atom stereocenters. The molecular weight excluding hydrogens is 299 g/mol. The highest BCUT2D eigenvalue weighted by molar-refractivity contribution is 9.10. The minimum atomic E-state index is -1.29. The number of hydrogen-bond donors (Lipinski definition) is 1. The van der Waals surface area contributed by atoms with Crippen molar-refractivity contribution in [2.45, 2.75) is 6.10 Å². The van der Waals surface area contributed by atoms with Crippen LogP contribution in [0.15, 0.2) is 53.0 Å². The summed E-state index contributed by atoms with van der Waals surface area (Å²) in [6.07, 6.45) is -1.29. The van der Waals surface area contributed by atoms with E-state index in [4.69, 9.17) is 0 Å². The molecule has 0 heterocycles. The number of halogens is 2. The van der Waals surface area contributed by atoms with Crippen molar-refractivity contribution in [3.05, 3.63) is 69.9 Å². The van der Waals surface area contributed by atoms with Gasteiger partial charge in [-0.2, -0.15) is 0 Å². The van der Waals surface area contributed by atoms with Crippen LogP contribution in [0.5, 0.6) is 0 Å². The summed E-state index contributed by atoms with van der Waals surface area (Å²) in [7, 11) is 0. The van der Waals surface area contributed by atoms with E-state index in [2.05, 4.69) is 15.9 Å². The summed E-state index contributed by atoms with van der Waals surface area (Å²) >= 11 is 3.17. The van der Waals surface area contributed by atoms with Crippen LogP contribution in [0.4, 0.5) is 4.39 Å². The van der Waals surface area contributed by atoms with E-state index in [1.54, 1.807) is 30.3 Å². The zero-order chi connectivity index (χ0) is 13.1. The van der Waals surface area contributed by atoms with Crippen LogP contribution >= 0.6 is 15.9 Å². The van der Waals surface area contributed by atoms with E-state index in [0.717, 1.165) is 6.07 Å². The summed E-state index contributed by atoms with van der Waals surface area (Å²) in [6.45, 7) is 0. The van der Waals surface area contributed by atoms with Crippen molar-refractivity contribution in [3.8, 4) is 0 Å². The number of aliphatic hydroxyl groups is 1. The number of carbonyl (C=O) groups is 1. The lowest BCUT2D eigenvalue weighted by Crippen LogP contribution is -2.13. The van der Waals surface area contributed by atoms with Gasteiger partial charge in [-0.1, -0.05) is 46.3 Å². The highest BCUT2D eigenvalue weighted by Gasteiger charge is 2.21. The summed E-state index contributed by atoms with van der Waals surface area (Å²) in [5.41, 5.74) is 0.616. The fourth-order valence-corrected chi connectivity index (χ4v) is 2.06. The predicted octanol–water partition coefficient (Wildman–Crippen LogP) is 3.50. The molecule has 0 aliphatic carbocycles. The minimum absolute atomic E-state index is 0.131. The molecule has 2 aromatic carbocycles. The number of carbonyl (C=O) groups excluding carboxylic acids is 1. The molecule has 0 fully saturated rings. The molecule has 0 saturated heterocycles. The zero-order valence-electron chi connectivity index (χ0n) is 9.31. The van der Waals surface area contributed by atoms with Crippen molar-refractivity contribution < 1.29 is 14.3 Å². The van der Waals surface area contributed by atoms with Gasteiger partial charge in [0, 0.05) is 10.0 Å². The lowest BCUT2D eigenvalue weighted by molar-refractivity contribution is 0.0746. The maximum Gasteiger partial charge on any atom is 0.197 e. The Bertz CT molecular complexity index is 569. The van der Waals surface area contributed by atoms with E-state index in [1.807, 2.05) is 0 Å². The maximum absolute atomic E-state index is 13.1. The first-order valence-corrected chi connectivity index (χ1v) is 6.11. The predicted molar refractivity (Wildman–Crippen MR) is 69.8 cm³/mol. The Balaban J connectivity index is 2.34. The first-order valence-electron chi connectivity index (χ1n) is 5.32. The number of rotatable bonds is 3. The molecule has 0 bridgehead atoms. The van der Waals surface area contributed by atoms with Gasteiger partial charge in [0.25, 0.3) is 0 Å². The second-order valence-corrected chi connectivity index (χ2v) is 4.66. The maximum atomic E-state index is 13.1. The molecule has 0 aliphatic rings. The van der Waals surface area contributed by atoms with Crippen molar-refractivity contribution in [2.75, 3.05) is 0 Å². The second-order valence-electron chi connectivity index (χ2n) is 3.80. The molecule has 0 amide bonds. The van der Waals surface area contributed by atoms with Crippen LogP contribution in [0.1, 0.15) is 22.0 Å². The fourth-order valence-electron chi connectivity index (χ4n) is 1.62. The first kappa shape index (κ1) is 12.9. The lowest BCUT2D eigenvalue weighted by Gasteiger charge is -2.11. The van der Waals surface area contributed by atoms with Crippen molar-refractivity contribution in [3.63, 3.8) is 0 Å². The second kappa shape index (κ2) is 5.42. The van der Waals surface area contributed by atoms with Crippen LogP contribution < -0.4 is 0 Å². The first-order chi connectivity index (χ1) is 8.59. The van der Waals surface area contributed by atoms with Gasteiger partial charge in [-0.3, -0.25) is 4.79 Å². The average molecular weight is 309 g/mol. The van der Waals surface area contributed by atoms with E-state index < -0.39 is 17.7 Å². The van der Waals surface area contributed by atoms with Crippen LogP contribution in [-0.2, 0) is 0 Å². The molecule has 0 saturated carbocycles. The number of aliphatic hydroxyl groups excluding tert-OH is 1. The van der Waals surface area contributed by atoms with Crippen LogP contribution in [0.25, 0.3) is 0 Å². The largest absolute Gasteiger partial charge is 0.380 e. The SMILES string of the molecule is O=C(c1cc(F)ccc1Br)C(O)c1ccccc1. The van der Waals surface area contributed by atoms with Crippen LogP contribution in [0.2, 0.25) is 0 Å². The molecule has 2 nitrogen and oxygen atoms in total. The van der Waals surface area contributed by atoms with Crippen molar-refractivity contribution in [1.29, 1.82) is 0 Å². The molecule has 4 heteroatoms. The van der Waals surface area contributed by atoms with E-state index >= 15 is 0 Å². The summed E-state index contributed by atoms with van der Waals surface area (Å²) in [4.78, 5) is 12.1. The molecule has 2 aromatic rings. The molecule has 0 aromatic heterocycles. The normalized spacial score (nSPS) is 12.2. The summed E-state index contributed by atoms with van der Waals surface area (Å²) < 4.78 is 13.6. The third-order valence-corrected chi connectivity index (χ3v) is 3.25. The van der Waals surface area contributed by atoms with Gasteiger partial charge >= 0.3 is 0 Å². The molecular formula is C14H10BrFO2. The number of ketones is 1. The van der Waals surface area contributed by atoms with E-state index in [1.165, 1.54) is 12.1 Å². The Morgan fingerprint density at radius 3 is 2.50 bits per heavy atom. The minimum Gasteiger partial charge on any atom is -0.380 e.